The van der Waals surface area contributed by atoms with Gasteiger partial charge in [-0.1, -0.05) is 371 Å². The van der Waals surface area contributed by atoms with E-state index in [1.165, 1.54) is 347 Å². The Hall–Kier alpha value is -1.92. The van der Waals surface area contributed by atoms with Crippen LogP contribution in [-0.2, 0) is 14.3 Å². The molecule has 0 aromatic carbocycles. The van der Waals surface area contributed by atoms with Crippen molar-refractivity contribution in [2.75, 3.05) is 13.2 Å². The number of rotatable bonds is 73. The second kappa shape index (κ2) is 74.5. The molecular weight excluding hydrogens is 1040 g/mol. The quantitative estimate of drug-likeness (QED) is 0.0320. The van der Waals surface area contributed by atoms with Crippen LogP contribution >= 0.6 is 0 Å². The zero-order valence-corrected chi connectivity index (χ0v) is 57.6. The van der Waals surface area contributed by atoms with Crippen LogP contribution in [0.2, 0.25) is 0 Å². The van der Waals surface area contributed by atoms with Gasteiger partial charge in [0.1, 0.15) is 0 Å². The summed E-state index contributed by atoms with van der Waals surface area (Å²) in [5.74, 6) is -0.0193. The summed E-state index contributed by atoms with van der Waals surface area (Å²) in [6.07, 6.45) is 96.5. The van der Waals surface area contributed by atoms with Gasteiger partial charge in [0, 0.05) is 12.8 Å². The molecule has 0 saturated heterocycles. The van der Waals surface area contributed by atoms with Gasteiger partial charge in [0.05, 0.1) is 25.4 Å². The first-order valence-corrected chi connectivity index (χ1v) is 38.7. The maximum absolute atomic E-state index is 12.6. The Labute approximate surface area is 532 Å². The third-order valence-electron chi connectivity index (χ3n) is 18.2. The number of carbonyl (C=O) groups is 2. The molecule has 0 aliphatic carbocycles. The molecule has 0 fully saturated rings. The van der Waals surface area contributed by atoms with E-state index in [4.69, 9.17) is 4.74 Å². The van der Waals surface area contributed by atoms with Gasteiger partial charge >= 0.3 is 5.97 Å². The largest absolute Gasteiger partial charge is 0.466 e. The molecule has 6 nitrogen and oxygen atoms in total. The summed E-state index contributed by atoms with van der Waals surface area (Å²) in [4.78, 5) is 24.7. The molecule has 0 radical (unpaired) electrons. The number of allylic oxidation sites excluding steroid dienone is 6. The molecule has 3 N–H and O–H groups in total. The molecule has 1 amide bonds. The van der Waals surface area contributed by atoms with Crippen LogP contribution in [0.25, 0.3) is 0 Å². The van der Waals surface area contributed by atoms with Gasteiger partial charge < -0.3 is 20.3 Å². The number of amides is 1. The molecule has 85 heavy (non-hydrogen) atoms. The van der Waals surface area contributed by atoms with Gasteiger partial charge in [-0.3, -0.25) is 9.59 Å². The zero-order valence-electron chi connectivity index (χ0n) is 57.6. The second-order valence-corrected chi connectivity index (χ2v) is 26.7. The van der Waals surface area contributed by atoms with E-state index in [1.54, 1.807) is 0 Å². The van der Waals surface area contributed by atoms with Crippen LogP contribution in [0, 0.1) is 0 Å². The molecule has 0 aliphatic heterocycles. The lowest BCUT2D eigenvalue weighted by atomic mass is 10.0. The molecule has 0 saturated carbocycles. The second-order valence-electron chi connectivity index (χ2n) is 26.7. The number of esters is 1. The number of hydrogen-bond acceptors (Lipinski definition) is 5. The van der Waals surface area contributed by atoms with Gasteiger partial charge in [0.25, 0.3) is 0 Å². The van der Waals surface area contributed by atoms with Crippen molar-refractivity contribution < 1.29 is 24.5 Å². The third-order valence-corrected chi connectivity index (χ3v) is 18.2. The lowest BCUT2D eigenvalue weighted by Crippen LogP contribution is -2.45. The highest BCUT2D eigenvalue weighted by atomic mass is 16.5. The van der Waals surface area contributed by atoms with E-state index in [9.17, 15) is 19.8 Å². The third kappa shape index (κ3) is 71.0. The average molecular weight is 1200 g/mol. The van der Waals surface area contributed by atoms with E-state index in [0.29, 0.717) is 25.9 Å². The molecule has 2 atom stereocenters. The minimum Gasteiger partial charge on any atom is -0.466 e. The molecule has 0 bridgehead atoms. The Balaban J connectivity index is 3.39. The first-order chi connectivity index (χ1) is 42.0. The van der Waals surface area contributed by atoms with Gasteiger partial charge in [-0.25, -0.2) is 0 Å². The van der Waals surface area contributed by atoms with Crippen molar-refractivity contribution in [3.8, 4) is 0 Å². The molecule has 2 unspecified atom stereocenters. The molecule has 0 aliphatic rings. The van der Waals surface area contributed by atoms with Crippen molar-refractivity contribution in [3.05, 3.63) is 36.5 Å². The van der Waals surface area contributed by atoms with Crippen LogP contribution in [0.1, 0.15) is 431 Å². The predicted molar refractivity (Wildman–Crippen MR) is 375 cm³/mol. The van der Waals surface area contributed by atoms with E-state index in [-0.39, 0.29) is 18.5 Å². The summed E-state index contributed by atoms with van der Waals surface area (Å²) in [6.45, 7) is 4.99. The fourth-order valence-corrected chi connectivity index (χ4v) is 12.3. The standard InChI is InChI=1S/C79H151NO5/c1-3-5-7-9-11-13-15-17-19-21-22-36-40-43-47-51-55-59-63-67-71-77(82)76(75-81)80-78(83)72-68-64-60-56-52-48-44-41-37-34-32-30-28-26-24-23-25-27-29-31-33-35-38-42-46-50-54-58-62-66-70-74-85-79(84)73-69-65-61-57-53-49-45-39-20-18-16-14-12-10-8-6-4-2/h18,20,25,27,31,33,76-77,81-82H,3-17,19,21-24,26,28-30,32,34-75H2,1-2H3,(H,80,83)/b20-18-,27-25-,33-31-. The van der Waals surface area contributed by atoms with Crippen molar-refractivity contribution in [2.24, 2.45) is 0 Å². The molecule has 0 heterocycles. The average Bonchev–Trinajstić information content (AvgIpc) is 3.51. The van der Waals surface area contributed by atoms with Crippen LogP contribution in [0.4, 0.5) is 0 Å². The van der Waals surface area contributed by atoms with Crippen LogP contribution in [0.5, 0.6) is 0 Å². The number of aliphatic hydroxyl groups excluding tert-OH is 2. The van der Waals surface area contributed by atoms with Gasteiger partial charge in [-0.2, -0.15) is 0 Å². The predicted octanol–water partition coefficient (Wildman–Crippen LogP) is 25.4. The van der Waals surface area contributed by atoms with Gasteiger partial charge in [0.15, 0.2) is 0 Å². The Morgan fingerprint density at radius 1 is 0.329 bits per heavy atom. The van der Waals surface area contributed by atoms with E-state index in [0.717, 1.165) is 51.4 Å². The summed E-state index contributed by atoms with van der Waals surface area (Å²) in [5.41, 5.74) is 0. The zero-order chi connectivity index (χ0) is 61.3. The maximum atomic E-state index is 12.6. The topological polar surface area (TPSA) is 95.9 Å². The summed E-state index contributed by atoms with van der Waals surface area (Å²) >= 11 is 0. The van der Waals surface area contributed by atoms with E-state index < -0.39 is 12.1 Å². The smallest absolute Gasteiger partial charge is 0.305 e. The highest BCUT2D eigenvalue weighted by Crippen LogP contribution is 2.19. The number of nitrogens with one attached hydrogen (secondary N) is 1. The summed E-state index contributed by atoms with van der Waals surface area (Å²) in [6, 6.07) is -0.542. The van der Waals surface area contributed by atoms with Crippen molar-refractivity contribution >= 4 is 11.9 Å². The molecule has 502 valence electrons. The Morgan fingerprint density at radius 3 is 0.906 bits per heavy atom. The number of unbranched alkanes of at least 4 members (excludes halogenated alkanes) is 56. The number of ether oxygens (including phenoxy) is 1. The maximum Gasteiger partial charge on any atom is 0.305 e. The van der Waals surface area contributed by atoms with Crippen molar-refractivity contribution in [2.45, 2.75) is 443 Å². The first kappa shape index (κ1) is 83.1. The highest BCUT2D eigenvalue weighted by molar-refractivity contribution is 5.76. The number of aliphatic hydroxyl groups is 2. The van der Waals surface area contributed by atoms with Gasteiger partial charge in [0.2, 0.25) is 5.91 Å². The van der Waals surface area contributed by atoms with Crippen LogP contribution in [0.3, 0.4) is 0 Å². The molecule has 0 spiro atoms. The van der Waals surface area contributed by atoms with Gasteiger partial charge in [-0.15, -0.1) is 0 Å². The molecule has 0 aromatic rings. The molecule has 6 heteroatoms. The Morgan fingerprint density at radius 2 is 0.588 bits per heavy atom. The van der Waals surface area contributed by atoms with Crippen LogP contribution in [-0.4, -0.2) is 47.4 Å². The lowest BCUT2D eigenvalue weighted by Gasteiger charge is -2.22. The Bertz CT molecular complexity index is 1380. The van der Waals surface area contributed by atoms with Crippen molar-refractivity contribution in [1.29, 1.82) is 0 Å². The Kier molecular flexibility index (Phi) is 72.9. The molecule has 0 aromatic heterocycles. The SMILES string of the molecule is CCCCCCCC/C=C\CCCCCCCCCC(=O)OCCCCCCCCCCC/C=C\C/C=C\CCCCCCCCCCCCCCCCCC(=O)NC(CO)C(O)CCCCCCCCCCCCCCCCCCCCCC. The van der Waals surface area contributed by atoms with Crippen LogP contribution < -0.4 is 5.32 Å². The highest BCUT2D eigenvalue weighted by Gasteiger charge is 2.20. The van der Waals surface area contributed by atoms with E-state index in [2.05, 4.69) is 55.6 Å². The molecule has 0 rings (SSSR count). The summed E-state index contributed by atoms with van der Waals surface area (Å²) < 4.78 is 5.50. The lowest BCUT2D eigenvalue weighted by molar-refractivity contribution is -0.143. The fourth-order valence-electron chi connectivity index (χ4n) is 12.3. The van der Waals surface area contributed by atoms with Gasteiger partial charge in [-0.05, 0) is 83.5 Å². The minimum absolute atomic E-state index is 0.0106. The monoisotopic (exact) mass is 1190 g/mol. The normalized spacial score (nSPS) is 12.7. The summed E-state index contributed by atoms with van der Waals surface area (Å²) in [7, 11) is 0. The summed E-state index contributed by atoms with van der Waals surface area (Å²) in [5, 5.41) is 23.4. The van der Waals surface area contributed by atoms with E-state index in [1.807, 2.05) is 0 Å². The van der Waals surface area contributed by atoms with Crippen LogP contribution in [0.15, 0.2) is 36.5 Å². The molecular formula is C79H151NO5. The fraction of sp³-hybridized carbons (Fsp3) is 0.899. The van der Waals surface area contributed by atoms with Crippen molar-refractivity contribution in [3.63, 3.8) is 0 Å². The minimum atomic E-state index is -0.665. The van der Waals surface area contributed by atoms with Crippen molar-refractivity contribution in [1.82, 2.24) is 5.32 Å². The first-order valence-electron chi connectivity index (χ1n) is 38.7. The van der Waals surface area contributed by atoms with E-state index >= 15 is 0 Å². The number of hydrogen-bond donors (Lipinski definition) is 3. The number of carbonyl (C=O) groups excluding carboxylic acids is 2.